The Labute approximate surface area is 677 Å². The fourth-order valence-corrected chi connectivity index (χ4v) is 13.7. The van der Waals surface area contributed by atoms with Crippen LogP contribution in [0.15, 0.2) is 134 Å². The molecule has 0 heterocycles. The number of carbonyl (C=O) groups is 3. The molecule has 5 unspecified atom stereocenters. The highest BCUT2D eigenvalue weighted by Gasteiger charge is 2.29. The first-order valence-electron chi connectivity index (χ1n) is 44.5. The molecule has 0 saturated carbocycles. The summed E-state index contributed by atoms with van der Waals surface area (Å²) in [5.74, 6) is -1.58. The van der Waals surface area contributed by atoms with Gasteiger partial charge in [0.05, 0.1) is 26.4 Å². The third-order valence-corrected chi connectivity index (χ3v) is 20.7. The zero-order valence-corrected chi connectivity index (χ0v) is 72.1. The molecule has 0 rings (SSSR count). The first-order valence-corrected chi connectivity index (χ1v) is 47.5. The predicted octanol–water partition coefficient (Wildman–Crippen LogP) is 27.0. The number of phosphoric acid groups is 2. The van der Waals surface area contributed by atoms with Crippen LogP contribution in [0.4, 0.5) is 0 Å². The summed E-state index contributed by atoms with van der Waals surface area (Å²) in [6.07, 6.45) is 105. The van der Waals surface area contributed by atoms with E-state index in [2.05, 4.69) is 154 Å². The van der Waals surface area contributed by atoms with Crippen LogP contribution in [0.3, 0.4) is 0 Å². The molecule has 0 radical (unpaired) electrons. The van der Waals surface area contributed by atoms with Crippen LogP contribution in [0, 0.1) is 0 Å². The summed E-state index contributed by atoms with van der Waals surface area (Å²) in [4.78, 5) is 58.8. The van der Waals surface area contributed by atoms with Crippen LogP contribution in [0.5, 0.6) is 0 Å². The lowest BCUT2D eigenvalue weighted by atomic mass is 10.0. The van der Waals surface area contributed by atoms with Crippen molar-refractivity contribution in [1.29, 1.82) is 0 Å². The Morgan fingerprint density at radius 1 is 0.261 bits per heavy atom. The van der Waals surface area contributed by atoms with Crippen molar-refractivity contribution >= 4 is 33.6 Å². The number of hydrogen-bond acceptors (Lipinski definition) is 14. The van der Waals surface area contributed by atoms with Crippen LogP contribution in [0.1, 0.15) is 380 Å². The average molecular weight is 1600 g/mol. The molecular formula is C93H162O16P2. The van der Waals surface area contributed by atoms with Crippen molar-refractivity contribution in [3.8, 4) is 0 Å². The molecule has 0 fully saturated rings. The molecule has 0 aliphatic heterocycles. The molecule has 0 saturated heterocycles. The van der Waals surface area contributed by atoms with Gasteiger partial charge in [-0.15, -0.1) is 0 Å². The van der Waals surface area contributed by atoms with E-state index in [4.69, 9.17) is 32.3 Å². The number of allylic oxidation sites excluding steroid dienone is 22. The number of ether oxygens (including phenoxy) is 3. The van der Waals surface area contributed by atoms with Crippen molar-refractivity contribution in [3.05, 3.63) is 134 Å². The van der Waals surface area contributed by atoms with E-state index in [9.17, 15) is 43.5 Å². The van der Waals surface area contributed by atoms with Crippen LogP contribution in [0.25, 0.3) is 0 Å². The van der Waals surface area contributed by atoms with Gasteiger partial charge in [-0.25, -0.2) is 9.13 Å². The van der Waals surface area contributed by atoms with Gasteiger partial charge in [0, 0.05) is 19.3 Å². The molecule has 0 aromatic carbocycles. The summed E-state index contributed by atoms with van der Waals surface area (Å²) in [7, 11) is -9.80. The third kappa shape index (κ3) is 86.4. The van der Waals surface area contributed by atoms with Crippen molar-refractivity contribution in [2.75, 3.05) is 39.6 Å². The summed E-state index contributed by atoms with van der Waals surface area (Å²) < 4.78 is 61.3. The van der Waals surface area contributed by atoms with Gasteiger partial charge in [-0.2, -0.15) is 0 Å². The van der Waals surface area contributed by atoms with Crippen molar-refractivity contribution in [2.45, 2.75) is 399 Å². The number of carbonyl (C=O) groups excluding carboxylic acids is 3. The zero-order chi connectivity index (χ0) is 80.8. The lowest BCUT2D eigenvalue weighted by Gasteiger charge is -2.21. The summed E-state index contributed by atoms with van der Waals surface area (Å²) in [5.41, 5.74) is 0. The Morgan fingerprint density at radius 3 is 0.793 bits per heavy atom. The van der Waals surface area contributed by atoms with Gasteiger partial charge in [0.15, 0.2) is 6.10 Å². The number of aliphatic hydroxyl groups is 2. The van der Waals surface area contributed by atoms with Gasteiger partial charge in [0.25, 0.3) is 0 Å². The Morgan fingerprint density at radius 2 is 0.495 bits per heavy atom. The molecule has 4 N–H and O–H groups in total. The Balaban J connectivity index is 4.40. The molecule has 0 bridgehead atoms. The van der Waals surface area contributed by atoms with Crippen LogP contribution < -0.4 is 0 Å². The number of rotatable bonds is 84. The Kier molecular flexibility index (Phi) is 81.8. The quantitative estimate of drug-likeness (QED) is 0.0146. The predicted molar refractivity (Wildman–Crippen MR) is 463 cm³/mol. The topological polar surface area (TPSA) is 231 Å². The molecule has 0 aliphatic carbocycles. The van der Waals surface area contributed by atoms with E-state index in [0.717, 1.165) is 154 Å². The van der Waals surface area contributed by atoms with Crippen molar-refractivity contribution in [2.24, 2.45) is 0 Å². The summed E-state index contributed by atoms with van der Waals surface area (Å²) in [6.45, 7) is 2.50. The summed E-state index contributed by atoms with van der Waals surface area (Å²) in [6, 6.07) is 0. The van der Waals surface area contributed by atoms with Gasteiger partial charge >= 0.3 is 33.6 Å². The SMILES string of the molecule is CC/C=C\C/C=C\C/C=C\C/C=C\C/C=C\CCCCCCCCCCCCCCCCCCCC(=O)OCC(O)COP(=O)(O)OCC(O)COP(=O)(O)OCC(COC(=O)CCCCCCCCCCCCCCC/C=C\C/C=C\C/C=C\C/C=C\CCCCC)OC(=O)CCCCCCC/C=C\C/C=C\CCC. The molecular weight excluding hydrogens is 1430 g/mol. The van der Waals surface area contributed by atoms with Crippen LogP contribution in [0.2, 0.25) is 0 Å². The number of hydrogen-bond donors (Lipinski definition) is 4. The highest BCUT2D eigenvalue weighted by Crippen LogP contribution is 2.45. The number of phosphoric ester groups is 2. The standard InChI is InChI=1S/C93H162O16P2/c1-4-7-10-13-16-19-22-25-27-29-31-33-35-37-39-41-42-43-44-46-48-49-51-53-55-57-59-62-64-67-70-73-76-79-91(96)103-82-88(94)83-105-110(99,100)106-84-89(95)85-107-111(101,102)108-87-90(109-93(98)81-78-75-72-69-66-61-24-21-18-15-12-9-6-3)86-104-92(97)80-77-74-71-68-65-63-60-58-56-54-52-50-47-45-40-38-36-34-32-30-28-26-23-20-17-14-11-8-5-2/h7,10,12,15-17,19-21,24-28,31-34,37-40,88-90,94-95H,4-6,8-9,11,13-14,18,22-23,29-30,35-36,41-87H2,1-3H3,(H,99,100)(H,101,102)/b10-7-,15-12-,19-16-,20-17-,24-21-,27-25-,28-26-,33-31-,34-32-,39-37-,40-38-. The number of esters is 3. The molecule has 0 aromatic rings. The number of unbranched alkanes of at least 4 members (excludes halogenated alkanes) is 39. The fraction of sp³-hybridized carbons (Fsp3) is 0.731. The minimum absolute atomic E-state index is 0.0877. The van der Waals surface area contributed by atoms with E-state index < -0.39 is 91.5 Å². The molecule has 0 aromatic heterocycles. The third-order valence-electron chi connectivity index (χ3n) is 18.8. The lowest BCUT2D eigenvalue weighted by Crippen LogP contribution is -2.30. The highest BCUT2D eigenvalue weighted by molar-refractivity contribution is 7.47. The molecule has 18 heteroatoms. The van der Waals surface area contributed by atoms with Gasteiger partial charge in [-0.1, -0.05) is 360 Å². The van der Waals surface area contributed by atoms with Crippen molar-refractivity contribution in [3.63, 3.8) is 0 Å². The van der Waals surface area contributed by atoms with E-state index in [-0.39, 0.29) is 19.3 Å². The summed E-state index contributed by atoms with van der Waals surface area (Å²) >= 11 is 0. The first-order chi connectivity index (χ1) is 54.2. The van der Waals surface area contributed by atoms with Gasteiger partial charge in [0.2, 0.25) is 0 Å². The smallest absolute Gasteiger partial charge is 0.463 e. The Bertz CT molecular complexity index is 2550. The van der Waals surface area contributed by atoms with Crippen LogP contribution in [-0.2, 0) is 55.8 Å². The normalized spacial score (nSPS) is 14.5. The molecule has 111 heavy (non-hydrogen) atoms. The van der Waals surface area contributed by atoms with Crippen molar-refractivity contribution < 1.29 is 75.8 Å². The molecule has 0 amide bonds. The van der Waals surface area contributed by atoms with Gasteiger partial charge in [-0.3, -0.25) is 32.5 Å². The lowest BCUT2D eigenvalue weighted by molar-refractivity contribution is -0.161. The van der Waals surface area contributed by atoms with Crippen molar-refractivity contribution in [1.82, 2.24) is 0 Å². The molecule has 16 nitrogen and oxygen atoms in total. The maximum absolute atomic E-state index is 13.0. The van der Waals surface area contributed by atoms with E-state index in [0.29, 0.717) is 19.3 Å². The van der Waals surface area contributed by atoms with E-state index in [1.807, 2.05) is 0 Å². The maximum Gasteiger partial charge on any atom is 0.472 e. The van der Waals surface area contributed by atoms with Gasteiger partial charge < -0.3 is 34.2 Å². The Hall–Kier alpha value is -4.31. The molecule has 640 valence electrons. The molecule has 0 aliphatic rings. The largest absolute Gasteiger partial charge is 0.472 e. The van der Waals surface area contributed by atoms with Gasteiger partial charge in [0.1, 0.15) is 25.4 Å². The van der Waals surface area contributed by atoms with Gasteiger partial charge in [-0.05, 0) is 135 Å². The summed E-state index contributed by atoms with van der Waals surface area (Å²) in [5, 5.41) is 20.7. The van der Waals surface area contributed by atoms with E-state index >= 15 is 0 Å². The fourth-order valence-electron chi connectivity index (χ4n) is 12.1. The number of aliphatic hydroxyl groups excluding tert-OH is 2. The molecule has 5 atom stereocenters. The minimum atomic E-state index is -4.94. The minimum Gasteiger partial charge on any atom is -0.463 e. The monoisotopic (exact) mass is 1600 g/mol. The second-order valence-electron chi connectivity index (χ2n) is 29.7. The van der Waals surface area contributed by atoms with E-state index in [1.165, 1.54) is 167 Å². The van der Waals surface area contributed by atoms with Crippen LogP contribution >= 0.6 is 15.6 Å². The highest BCUT2D eigenvalue weighted by atomic mass is 31.2. The zero-order valence-electron chi connectivity index (χ0n) is 70.4. The molecule has 0 spiro atoms. The average Bonchev–Trinajstić information content (AvgIpc) is 0.978. The van der Waals surface area contributed by atoms with Crippen LogP contribution in [-0.4, -0.2) is 95.9 Å². The maximum atomic E-state index is 13.0. The first kappa shape index (κ1) is 107. The second kappa shape index (κ2) is 85.1. The van der Waals surface area contributed by atoms with E-state index in [1.54, 1.807) is 0 Å². The second-order valence-corrected chi connectivity index (χ2v) is 32.6.